The van der Waals surface area contributed by atoms with E-state index in [4.69, 9.17) is 5.21 Å². The largest absolute Gasteiger partial charge is 0.361 e. The van der Waals surface area contributed by atoms with Crippen molar-refractivity contribution in [2.75, 3.05) is 13.1 Å². The molecule has 1 saturated heterocycles. The Bertz CT molecular complexity index is 367. The molecule has 1 aliphatic heterocycles. The average Bonchev–Trinajstić information content (AvgIpc) is 2.14. The normalized spacial score (nSPS) is 19.4. The van der Waals surface area contributed by atoms with Crippen LogP contribution in [0.15, 0.2) is 24.0 Å². The number of nitrogens with one attached hydrogen (secondary N) is 1. The predicted molar refractivity (Wildman–Crippen MR) is 50.1 cm³/mol. The van der Waals surface area contributed by atoms with E-state index in [1.807, 2.05) is 0 Å². The van der Waals surface area contributed by atoms with Crippen molar-refractivity contribution < 1.29 is 23.5 Å². The predicted octanol–water partition coefficient (Wildman–Crippen LogP) is 0.372. The number of nitrogens with zero attached hydrogens (tertiary/aromatic N) is 2. The Morgan fingerprint density at radius 1 is 1.56 bits per heavy atom. The third-order valence-electron chi connectivity index (χ3n) is 1.86. The number of hydrogen-bond donors (Lipinski definition) is 2. The van der Waals surface area contributed by atoms with Gasteiger partial charge in [0.05, 0.1) is 11.0 Å². The first-order chi connectivity index (χ1) is 7.44. The van der Waals surface area contributed by atoms with E-state index in [9.17, 15) is 18.9 Å². The molecule has 0 spiro atoms. The molecule has 88 valence electrons. The molecule has 1 rings (SSSR count). The second-order valence-electron chi connectivity index (χ2n) is 3.22. The summed E-state index contributed by atoms with van der Waals surface area (Å²) in [5, 5.41) is 18.6. The van der Waals surface area contributed by atoms with Crippen LogP contribution in [0.25, 0.3) is 0 Å². The van der Waals surface area contributed by atoms with Crippen molar-refractivity contribution in [1.29, 1.82) is 0 Å². The number of nitro groups is 1. The van der Waals surface area contributed by atoms with E-state index in [2.05, 4.69) is 0 Å². The van der Waals surface area contributed by atoms with Gasteiger partial charge in [0.25, 0.3) is 5.70 Å². The Labute approximate surface area is 89.3 Å². The first-order valence-corrected chi connectivity index (χ1v) is 4.32. The first-order valence-electron chi connectivity index (χ1n) is 4.32. The number of rotatable bonds is 4. The van der Waals surface area contributed by atoms with Crippen LogP contribution in [0.2, 0.25) is 0 Å². The second-order valence-corrected chi connectivity index (χ2v) is 3.22. The molecule has 1 fully saturated rings. The molecule has 2 N–H and O–H groups in total. The fourth-order valence-electron chi connectivity index (χ4n) is 1.14. The monoisotopic (exact) mass is 234 g/mol. The van der Waals surface area contributed by atoms with Crippen LogP contribution < -0.4 is 5.48 Å². The zero-order valence-electron chi connectivity index (χ0n) is 8.14. The lowest BCUT2D eigenvalue weighted by atomic mass is 10.2. The maximum absolute atomic E-state index is 12.4. The molecule has 0 atom stereocenters. The number of alkyl halides is 2. The molecule has 0 unspecified atom stereocenters. The molecule has 0 aromatic rings. The van der Waals surface area contributed by atoms with E-state index in [1.54, 1.807) is 5.48 Å². The van der Waals surface area contributed by atoms with Gasteiger partial charge in [-0.05, 0) is 0 Å². The quantitative estimate of drug-likeness (QED) is 0.319. The van der Waals surface area contributed by atoms with E-state index in [-0.39, 0.29) is 5.70 Å². The van der Waals surface area contributed by atoms with Crippen LogP contribution in [-0.4, -0.2) is 39.9 Å². The Morgan fingerprint density at radius 3 is 2.62 bits per heavy atom. The fraction of sp³-hybridized carbons (Fsp3) is 0.375. The average molecular weight is 234 g/mol. The zero-order chi connectivity index (χ0) is 12.2. The number of hydroxylamine groups is 1. The molecule has 1 heterocycles. The summed E-state index contributed by atoms with van der Waals surface area (Å²) in [6, 6.07) is 0. The third kappa shape index (κ3) is 3.39. The van der Waals surface area contributed by atoms with Crippen LogP contribution >= 0.6 is 0 Å². The van der Waals surface area contributed by atoms with Crippen LogP contribution in [0.3, 0.4) is 0 Å². The number of allylic oxidation sites excluding steroid dienone is 2. The molecule has 0 aromatic heterocycles. The Morgan fingerprint density at radius 2 is 2.19 bits per heavy atom. The smallest absolute Gasteiger partial charge is 0.292 e. The number of hydrogen-bond acceptors (Lipinski definition) is 4. The highest BCUT2D eigenvalue weighted by Crippen LogP contribution is 2.22. The van der Waals surface area contributed by atoms with Gasteiger partial charge in [-0.25, -0.2) is 4.58 Å². The van der Waals surface area contributed by atoms with Gasteiger partial charge >= 0.3 is 5.92 Å². The summed E-state index contributed by atoms with van der Waals surface area (Å²) >= 11 is 0. The Hall–Kier alpha value is -1.83. The summed E-state index contributed by atoms with van der Waals surface area (Å²) < 4.78 is 26.1. The van der Waals surface area contributed by atoms with Crippen molar-refractivity contribution in [2.24, 2.45) is 0 Å². The lowest BCUT2D eigenvalue weighted by molar-refractivity contribution is -0.635. The molecular weight excluding hydrogens is 224 g/mol. The summed E-state index contributed by atoms with van der Waals surface area (Å²) in [7, 11) is 0. The summed E-state index contributed by atoms with van der Waals surface area (Å²) in [4.78, 5) is 9.75. The maximum atomic E-state index is 12.4. The lowest BCUT2D eigenvalue weighted by Gasteiger charge is -2.21. The van der Waals surface area contributed by atoms with Crippen molar-refractivity contribution in [3.05, 3.63) is 34.2 Å². The topological polar surface area (TPSA) is 78.4 Å². The van der Waals surface area contributed by atoms with Gasteiger partial charge in [0, 0.05) is 12.3 Å². The molecule has 0 saturated carbocycles. The number of halogens is 2. The minimum atomic E-state index is -2.71. The summed E-state index contributed by atoms with van der Waals surface area (Å²) in [6.45, 7) is -0.868. The molecule has 0 radical (unpaired) electrons. The lowest BCUT2D eigenvalue weighted by Crippen LogP contribution is -2.50. The highest BCUT2D eigenvalue weighted by molar-refractivity contribution is 5.67. The van der Waals surface area contributed by atoms with Crippen molar-refractivity contribution in [3.8, 4) is 0 Å². The molecular formula is C8H10F2N3O3+. The first kappa shape index (κ1) is 12.2. The van der Waals surface area contributed by atoms with E-state index in [0.29, 0.717) is 0 Å². The zero-order valence-corrected chi connectivity index (χ0v) is 8.14. The fourth-order valence-corrected chi connectivity index (χ4v) is 1.14. The molecule has 0 amide bonds. The van der Waals surface area contributed by atoms with E-state index in [1.165, 1.54) is 10.8 Å². The van der Waals surface area contributed by atoms with Gasteiger partial charge in [-0.1, -0.05) is 0 Å². The molecule has 8 heteroatoms. The van der Waals surface area contributed by atoms with Gasteiger partial charge < -0.3 is 0 Å². The highest BCUT2D eigenvalue weighted by Gasteiger charge is 2.49. The van der Waals surface area contributed by atoms with E-state index < -0.39 is 23.9 Å². The van der Waals surface area contributed by atoms with Crippen LogP contribution in [0, 0.1) is 10.1 Å². The molecule has 1 aliphatic rings. The molecule has 16 heavy (non-hydrogen) atoms. The van der Waals surface area contributed by atoms with Crippen molar-refractivity contribution in [3.63, 3.8) is 0 Å². The summed E-state index contributed by atoms with van der Waals surface area (Å²) in [5.41, 5.74) is 1.29. The molecule has 0 bridgehead atoms. The van der Waals surface area contributed by atoms with Crippen molar-refractivity contribution in [1.82, 2.24) is 5.48 Å². The van der Waals surface area contributed by atoms with E-state index >= 15 is 0 Å². The van der Waals surface area contributed by atoms with Gasteiger partial charge in [0.1, 0.15) is 0 Å². The van der Waals surface area contributed by atoms with Gasteiger partial charge in [0.2, 0.25) is 13.1 Å². The van der Waals surface area contributed by atoms with Gasteiger partial charge in [-0.2, -0.15) is 8.78 Å². The summed E-state index contributed by atoms with van der Waals surface area (Å²) in [6.07, 6.45) is 4.27. The molecule has 0 aromatic carbocycles. The standard InChI is InChI=1S/C8H9F2N3O3/c9-8(10)5-12(6-8)4-2-7(13(15)16)1-3-11-14/h1-4,14H,5-6H2/p+1. The van der Waals surface area contributed by atoms with Crippen molar-refractivity contribution >= 4 is 6.21 Å². The minimum Gasteiger partial charge on any atom is -0.292 e. The van der Waals surface area contributed by atoms with Crippen LogP contribution in [-0.2, 0) is 0 Å². The Kier molecular flexibility index (Phi) is 3.67. The van der Waals surface area contributed by atoms with Gasteiger partial charge in [-0.15, -0.1) is 0 Å². The third-order valence-corrected chi connectivity index (χ3v) is 1.86. The summed E-state index contributed by atoms with van der Waals surface area (Å²) in [5.74, 6) is -2.71. The molecule has 6 nitrogen and oxygen atoms in total. The minimum absolute atomic E-state index is 0.322. The Balaban J connectivity index is 2.66. The molecule has 0 aliphatic carbocycles. The highest BCUT2D eigenvalue weighted by atomic mass is 19.3. The maximum Gasteiger partial charge on any atom is 0.361 e. The van der Waals surface area contributed by atoms with Gasteiger partial charge in [0.15, 0.2) is 6.21 Å². The van der Waals surface area contributed by atoms with Crippen LogP contribution in [0.4, 0.5) is 8.78 Å². The second kappa shape index (κ2) is 4.79. The van der Waals surface area contributed by atoms with Crippen LogP contribution in [0.1, 0.15) is 0 Å². The van der Waals surface area contributed by atoms with Crippen molar-refractivity contribution in [2.45, 2.75) is 5.92 Å². The van der Waals surface area contributed by atoms with E-state index in [0.717, 1.165) is 18.4 Å². The van der Waals surface area contributed by atoms with Gasteiger partial charge in [-0.3, -0.25) is 20.8 Å². The SMILES string of the molecule is O=[N+]([O-])C(/C=C\NO)=C/C=[N+]1CC(F)(F)C1. The van der Waals surface area contributed by atoms with Crippen LogP contribution in [0.5, 0.6) is 0 Å².